The van der Waals surface area contributed by atoms with E-state index in [1.165, 1.54) is 33.5 Å². The molecule has 0 radical (unpaired) electrons. The van der Waals surface area contributed by atoms with Gasteiger partial charge in [0, 0.05) is 19.6 Å². The molecule has 0 atom stereocenters. The third kappa shape index (κ3) is 3.66. The summed E-state index contributed by atoms with van der Waals surface area (Å²) < 4.78 is 21.7. The smallest absolute Gasteiger partial charge is 0.312 e. The first-order valence-electron chi connectivity index (χ1n) is 6.59. The van der Waals surface area contributed by atoms with Crippen LogP contribution in [0.1, 0.15) is 46.0 Å². The third-order valence-corrected chi connectivity index (χ3v) is 6.03. The Morgan fingerprint density at radius 2 is 1.67 bits per heavy atom. The summed E-state index contributed by atoms with van der Waals surface area (Å²) in [6.07, 6.45) is 5.69. The van der Waals surface area contributed by atoms with Crippen LogP contribution in [0.25, 0.3) is 0 Å². The lowest BCUT2D eigenvalue weighted by molar-refractivity contribution is -0.128. The Morgan fingerprint density at radius 3 is 2.11 bits per heavy atom. The summed E-state index contributed by atoms with van der Waals surface area (Å²) in [6, 6.07) is 0. The zero-order valence-electron chi connectivity index (χ0n) is 11.9. The molecule has 1 fully saturated rings. The van der Waals surface area contributed by atoms with Crippen molar-refractivity contribution < 1.29 is 18.4 Å². The average molecular weight is 276 g/mol. The maximum Gasteiger partial charge on any atom is 0.337 e. The van der Waals surface area contributed by atoms with Gasteiger partial charge in [-0.05, 0) is 18.8 Å². The summed E-state index contributed by atoms with van der Waals surface area (Å²) in [5.41, 5.74) is -0.437. The number of hydrogen-bond donors (Lipinski definition) is 0. The van der Waals surface area contributed by atoms with E-state index >= 15 is 0 Å². The van der Waals surface area contributed by atoms with E-state index in [1.807, 2.05) is 13.8 Å². The van der Waals surface area contributed by atoms with Crippen molar-refractivity contribution in [1.82, 2.24) is 0 Å². The van der Waals surface area contributed by atoms with Crippen LogP contribution in [0.3, 0.4) is 0 Å². The molecule has 0 N–H and O–H groups in total. The van der Waals surface area contributed by atoms with Crippen molar-refractivity contribution in [2.24, 2.45) is 11.3 Å². The van der Waals surface area contributed by atoms with Crippen LogP contribution in [0.5, 0.6) is 0 Å². The first-order valence-corrected chi connectivity index (χ1v) is 8.32. The lowest BCUT2D eigenvalue weighted by Crippen LogP contribution is -2.36. The van der Waals surface area contributed by atoms with Gasteiger partial charge in [-0.1, -0.05) is 33.1 Å². The van der Waals surface area contributed by atoms with Gasteiger partial charge in [0.05, 0.1) is 0 Å². The van der Waals surface area contributed by atoms with Crippen LogP contribution in [0.4, 0.5) is 0 Å². The predicted octanol–water partition coefficient (Wildman–Crippen LogP) is 3.65. The van der Waals surface area contributed by atoms with Gasteiger partial charge in [0.1, 0.15) is 6.16 Å². The van der Waals surface area contributed by atoms with E-state index < -0.39 is 13.0 Å². The van der Waals surface area contributed by atoms with Gasteiger partial charge in [0.15, 0.2) is 5.78 Å². The third-order valence-electron chi connectivity index (χ3n) is 4.24. The number of hydrogen-bond acceptors (Lipinski definition) is 4. The average Bonchev–Trinajstić information content (AvgIpc) is 2.39. The van der Waals surface area contributed by atoms with Gasteiger partial charge in [-0.15, -0.1) is 0 Å². The molecule has 106 valence electrons. The number of Topliss-reactive ketones (excluding diaryl/α,β-unsaturated/α-hetero) is 1. The standard InChI is InChI=1S/C13H25O4P/c1-13(2,11-8-6-5-7-9-11)12(14)10-18(15,16-3)17-4/h11H,5-10H2,1-4H3. The number of carbonyl (C=O) groups is 1. The summed E-state index contributed by atoms with van der Waals surface area (Å²) in [5.74, 6) is 0.377. The highest BCUT2D eigenvalue weighted by atomic mass is 31.2. The highest BCUT2D eigenvalue weighted by Crippen LogP contribution is 2.49. The monoisotopic (exact) mass is 276 g/mol. The molecule has 0 aromatic rings. The van der Waals surface area contributed by atoms with Gasteiger partial charge >= 0.3 is 7.60 Å². The normalized spacial score (nSPS) is 18.9. The molecule has 1 aliphatic carbocycles. The van der Waals surface area contributed by atoms with E-state index in [0.717, 1.165) is 12.8 Å². The van der Waals surface area contributed by atoms with Crippen LogP contribution in [0, 0.1) is 11.3 Å². The van der Waals surface area contributed by atoms with E-state index in [4.69, 9.17) is 9.05 Å². The van der Waals surface area contributed by atoms with E-state index in [1.54, 1.807) is 0 Å². The van der Waals surface area contributed by atoms with Crippen molar-refractivity contribution in [2.75, 3.05) is 20.4 Å². The van der Waals surface area contributed by atoms with Crippen LogP contribution < -0.4 is 0 Å². The Morgan fingerprint density at radius 1 is 1.17 bits per heavy atom. The van der Waals surface area contributed by atoms with Crippen LogP contribution in [-0.2, 0) is 18.4 Å². The van der Waals surface area contributed by atoms with Crippen LogP contribution in [0.15, 0.2) is 0 Å². The molecule has 0 aliphatic heterocycles. The van der Waals surface area contributed by atoms with Crippen LogP contribution in [0.2, 0.25) is 0 Å². The largest absolute Gasteiger partial charge is 0.337 e. The van der Waals surface area contributed by atoms with Crippen molar-refractivity contribution in [3.05, 3.63) is 0 Å². The van der Waals surface area contributed by atoms with Crippen molar-refractivity contribution in [1.29, 1.82) is 0 Å². The molecule has 0 aromatic heterocycles. The first-order chi connectivity index (χ1) is 8.35. The summed E-state index contributed by atoms with van der Waals surface area (Å²) in [7, 11) is -0.585. The molecule has 18 heavy (non-hydrogen) atoms. The quantitative estimate of drug-likeness (QED) is 0.695. The molecule has 0 unspecified atom stereocenters. The molecule has 1 rings (SSSR count). The number of carbonyl (C=O) groups excluding carboxylic acids is 1. The Bertz CT molecular complexity index is 324. The topological polar surface area (TPSA) is 52.6 Å². The fourth-order valence-corrected chi connectivity index (χ4v) is 3.80. The van der Waals surface area contributed by atoms with Crippen LogP contribution >= 0.6 is 7.60 Å². The molecule has 0 aromatic carbocycles. The molecular weight excluding hydrogens is 251 g/mol. The minimum atomic E-state index is -3.23. The van der Waals surface area contributed by atoms with Crippen molar-refractivity contribution in [2.45, 2.75) is 46.0 Å². The van der Waals surface area contributed by atoms with Crippen molar-refractivity contribution in [3.8, 4) is 0 Å². The lowest BCUT2D eigenvalue weighted by Gasteiger charge is -2.36. The Kier molecular flexibility index (Phi) is 5.57. The Hall–Kier alpha value is -0.180. The summed E-state index contributed by atoms with van der Waals surface area (Å²) in [4.78, 5) is 12.4. The van der Waals surface area contributed by atoms with Gasteiger partial charge < -0.3 is 9.05 Å². The molecule has 5 heteroatoms. The van der Waals surface area contributed by atoms with Gasteiger partial charge in [-0.2, -0.15) is 0 Å². The zero-order valence-corrected chi connectivity index (χ0v) is 12.8. The minimum absolute atomic E-state index is 0.0126. The van der Waals surface area contributed by atoms with Crippen molar-refractivity contribution >= 4 is 13.4 Å². The molecular formula is C13H25O4P. The fraction of sp³-hybridized carbons (Fsp3) is 0.923. The van der Waals surface area contributed by atoms with Crippen LogP contribution in [-0.4, -0.2) is 26.2 Å². The second-order valence-electron chi connectivity index (χ2n) is 5.61. The second kappa shape index (κ2) is 6.31. The molecule has 4 nitrogen and oxygen atoms in total. The SMILES string of the molecule is COP(=O)(CC(=O)C(C)(C)C1CCCCC1)OC. The molecule has 1 saturated carbocycles. The highest BCUT2D eigenvalue weighted by molar-refractivity contribution is 7.54. The van der Waals surface area contributed by atoms with Gasteiger partial charge in [-0.3, -0.25) is 9.36 Å². The Balaban J connectivity index is 2.72. The van der Waals surface area contributed by atoms with Gasteiger partial charge in [-0.25, -0.2) is 0 Å². The molecule has 0 saturated heterocycles. The molecule has 0 heterocycles. The Labute approximate surface area is 110 Å². The summed E-state index contributed by atoms with van der Waals surface area (Å²) in [6.45, 7) is 3.92. The lowest BCUT2D eigenvalue weighted by atomic mass is 9.69. The summed E-state index contributed by atoms with van der Waals surface area (Å²) >= 11 is 0. The maximum absolute atomic E-state index is 12.4. The molecule has 1 aliphatic rings. The van der Waals surface area contributed by atoms with E-state index in [2.05, 4.69) is 0 Å². The highest BCUT2D eigenvalue weighted by Gasteiger charge is 2.40. The predicted molar refractivity (Wildman–Crippen MR) is 71.9 cm³/mol. The number of ketones is 1. The van der Waals surface area contributed by atoms with E-state index in [-0.39, 0.29) is 11.9 Å². The first kappa shape index (κ1) is 15.9. The minimum Gasteiger partial charge on any atom is -0.312 e. The fourth-order valence-electron chi connectivity index (χ4n) is 2.64. The van der Waals surface area contributed by atoms with Gasteiger partial charge in [0.25, 0.3) is 0 Å². The van der Waals surface area contributed by atoms with Crippen molar-refractivity contribution in [3.63, 3.8) is 0 Å². The maximum atomic E-state index is 12.4. The van der Waals surface area contributed by atoms with E-state index in [0.29, 0.717) is 5.92 Å². The van der Waals surface area contributed by atoms with Gasteiger partial charge in [0.2, 0.25) is 0 Å². The molecule has 0 amide bonds. The summed E-state index contributed by atoms with van der Waals surface area (Å²) in [5, 5.41) is 0. The molecule has 0 bridgehead atoms. The number of rotatable bonds is 6. The zero-order chi connectivity index (χ0) is 13.8. The second-order valence-corrected chi connectivity index (χ2v) is 7.88. The molecule has 0 spiro atoms. The van der Waals surface area contributed by atoms with E-state index in [9.17, 15) is 9.36 Å².